The number of nitrogens with one attached hydrogen (secondary N) is 1. The molecule has 0 atom stereocenters. The van der Waals surface area contributed by atoms with Crippen molar-refractivity contribution >= 4 is 45.3 Å². The Hall–Kier alpha value is -1.88. The lowest BCUT2D eigenvalue weighted by Gasteiger charge is -2.13. The van der Waals surface area contributed by atoms with E-state index in [4.69, 9.17) is 52.1 Å². The number of rotatable bonds is 51. The Labute approximate surface area is 391 Å². The topological polar surface area (TPSA) is 185 Å². The first kappa shape index (κ1) is 60.1. The van der Waals surface area contributed by atoms with Gasteiger partial charge in [0.1, 0.15) is 13.2 Å². The van der Waals surface area contributed by atoms with E-state index in [0.717, 1.165) is 99.4 Å². The molecule has 0 radical (unpaired) electrons. The molecule has 1 N–H and O–H groups in total. The van der Waals surface area contributed by atoms with Crippen LogP contribution < -0.4 is 5.32 Å². The second-order valence-corrected chi connectivity index (χ2v) is 17.6. The van der Waals surface area contributed by atoms with Gasteiger partial charge in [0.15, 0.2) is 0 Å². The molecule has 0 aromatic heterocycles. The predicted octanol–water partition coefficient (Wildman–Crippen LogP) is 5.07. The molecule has 0 aromatic rings. The number of carbonyl (C=O) groups is 4. The molecule has 1 aliphatic heterocycles. The second kappa shape index (κ2) is 47.6. The van der Waals surface area contributed by atoms with Crippen LogP contribution in [0.5, 0.6) is 0 Å². The maximum atomic E-state index is 11.8. The number of carbonyl (C=O) groups excluding carboxylic acids is 4. The second-order valence-electron chi connectivity index (χ2n) is 14.9. The van der Waals surface area contributed by atoms with E-state index < -0.39 is 11.8 Å². The Bertz CT molecular complexity index is 1120. The number of imide groups is 1. The summed E-state index contributed by atoms with van der Waals surface area (Å²) < 4.78 is 61.6. The van der Waals surface area contributed by atoms with E-state index in [-0.39, 0.29) is 24.3 Å². The molecular formula is C45H82N2O15S2. The van der Waals surface area contributed by atoms with Crippen molar-refractivity contribution in [3.05, 3.63) is 12.2 Å². The van der Waals surface area contributed by atoms with Crippen LogP contribution in [0.3, 0.4) is 0 Å². The third-order valence-electron chi connectivity index (χ3n) is 8.67. The molecular weight excluding hydrogens is 873 g/mol. The minimum atomic E-state index is -0.467. The molecule has 0 unspecified atom stereocenters. The lowest BCUT2D eigenvalue weighted by molar-refractivity contribution is -0.146. The summed E-state index contributed by atoms with van der Waals surface area (Å²) in [5, 5.41) is 2.68. The average Bonchev–Trinajstić information content (AvgIpc) is 3.60. The van der Waals surface area contributed by atoms with Crippen LogP contribution in [0.15, 0.2) is 12.2 Å². The van der Waals surface area contributed by atoms with Gasteiger partial charge in [-0.2, -0.15) is 0 Å². The average molecular weight is 955 g/mol. The van der Waals surface area contributed by atoms with Crippen molar-refractivity contribution in [3.8, 4) is 0 Å². The normalized spacial score (nSPS) is 12.6. The monoisotopic (exact) mass is 955 g/mol. The molecule has 1 heterocycles. The van der Waals surface area contributed by atoms with Gasteiger partial charge in [-0.15, -0.1) is 0 Å². The van der Waals surface area contributed by atoms with Gasteiger partial charge in [0.05, 0.1) is 5.92 Å². The molecule has 1 aliphatic rings. The van der Waals surface area contributed by atoms with Crippen molar-refractivity contribution < 1.29 is 71.3 Å². The number of esters is 1. The Kier molecular flexibility index (Phi) is 44.7. The summed E-state index contributed by atoms with van der Waals surface area (Å²) in [7, 11) is 3.52. The maximum absolute atomic E-state index is 11.8. The molecule has 0 fully saturated rings. The molecule has 374 valence electrons. The van der Waals surface area contributed by atoms with Crippen LogP contribution >= 0.6 is 21.6 Å². The van der Waals surface area contributed by atoms with Gasteiger partial charge in [0.25, 0.3) is 11.8 Å². The smallest absolute Gasteiger partial charge is 0.308 e. The minimum absolute atomic E-state index is 0.0654. The zero-order valence-electron chi connectivity index (χ0n) is 39.1. The number of hydrogen-bond acceptors (Lipinski definition) is 17. The van der Waals surface area contributed by atoms with Gasteiger partial charge in [0, 0.05) is 162 Å². The Morgan fingerprint density at radius 2 is 0.750 bits per heavy atom. The van der Waals surface area contributed by atoms with Crippen molar-refractivity contribution in [2.24, 2.45) is 5.92 Å². The van der Waals surface area contributed by atoms with Gasteiger partial charge in [-0.05, 0) is 70.6 Å². The quantitative estimate of drug-likeness (QED) is 0.0369. The van der Waals surface area contributed by atoms with Crippen molar-refractivity contribution in [2.75, 3.05) is 163 Å². The minimum Gasteiger partial charge on any atom is -0.465 e. The van der Waals surface area contributed by atoms with E-state index in [1.807, 2.05) is 13.8 Å². The van der Waals surface area contributed by atoms with Gasteiger partial charge in [-0.3, -0.25) is 24.1 Å². The highest BCUT2D eigenvalue weighted by atomic mass is 33.1. The van der Waals surface area contributed by atoms with Gasteiger partial charge in [0.2, 0.25) is 5.91 Å². The van der Waals surface area contributed by atoms with Gasteiger partial charge in [-0.25, -0.2) is 0 Å². The summed E-state index contributed by atoms with van der Waals surface area (Å²) in [5.41, 5.74) is 0. The summed E-state index contributed by atoms with van der Waals surface area (Å²) in [6, 6.07) is 0. The van der Waals surface area contributed by atoms with E-state index in [9.17, 15) is 19.2 Å². The molecule has 0 spiro atoms. The van der Waals surface area contributed by atoms with Gasteiger partial charge < -0.3 is 57.4 Å². The van der Waals surface area contributed by atoms with Crippen LogP contribution in [0.2, 0.25) is 0 Å². The molecule has 0 aliphatic carbocycles. The van der Waals surface area contributed by atoms with Gasteiger partial charge >= 0.3 is 5.97 Å². The van der Waals surface area contributed by atoms with Crippen molar-refractivity contribution in [3.63, 3.8) is 0 Å². The van der Waals surface area contributed by atoms with Crippen LogP contribution in [0.4, 0.5) is 0 Å². The van der Waals surface area contributed by atoms with E-state index in [1.54, 1.807) is 21.6 Å². The third kappa shape index (κ3) is 41.5. The van der Waals surface area contributed by atoms with E-state index >= 15 is 0 Å². The first-order valence-corrected chi connectivity index (χ1v) is 25.9. The van der Waals surface area contributed by atoms with Crippen molar-refractivity contribution in [1.29, 1.82) is 0 Å². The molecule has 19 heteroatoms. The molecule has 0 saturated carbocycles. The number of hydrogen-bond donors (Lipinski definition) is 1. The fraction of sp³-hybridized carbons (Fsp3) is 0.867. The number of ether oxygens (including phenoxy) is 11. The van der Waals surface area contributed by atoms with E-state index in [0.29, 0.717) is 145 Å². The van der Waals surface area contributed by atoms with Crippen LogP contribution in [0.1, 0.15) is 84.5 Å². The highest BCUT2D eigenvalue weighted by Crippen LogP contribution is 2.21. The standard InChI is InChI=1S/C45H82N2O15S2/c1-41(2)45(51)62-37-39-64-63-38-13-36-61-35-12-34-60-33-11-32-59-31-10-30-58-29-9-28-57-27-8-26-56-25-7-24-55-23-6-22-54-21-5-20-53-19-4-18-52-17-3-16-46-42(48)40-47-43(49)14-15-44(47)50/h14-15,41H,3-13,16-40H2,1-2H3,(H,46,48). The fourth-order valence-corrected chi connectivity index (χ4v) is 7.14. The Morgan fingerprint density at radius 1 is 0.453 bits per heavy atom. The summed E-state index contributed by atoms with van der Waals surface area (Å²) in [6.07, 6.45) is 11.7. The number of amides is 3. The molecule has 0 aromatic carbocycles. The summed E-state index contributed by atoms with van der Waals surface area (Å²) in [5.74, 6) is 0.335. The highest BCUT2D eigenvalue weighted by molar-refractivity contribution is 8.76. The predicted molar refractivity (Wildman–Crippen MR) is 249 cm³/mol. The highest BCUT2D eigenvalue weighted by Gasteiger charge is 2.25. The number of nitrogens with zero attached hydrogens (tertiary/aromatic N) is 1. The Morgan fingerprint density at radius 3 is 1.08 bits per heavy atom. The lowest BCUT2D eigenvalue weighted by Crippen LogP contribution is -2.40. The van der Waals surface area contributed by atoms with E-state index in [2.05, 4.69) is 5.32 Å². The summed E-state index contributed by atoms with van der Waals surface area (Å²) in [4.78, 5) is 47.1. The largest absolute Gasteiger partial charge is 0.465 e. The van der Waals surface area contributed by atoms with Gasteiger partial charge in [-0.1, -0.05) is 35.4 Å². The SMILES string of the molecule is CC(C)C(=O)OCCSSCCCOCCCOCCCOCCCOCCCOCCCOCCCOCCCOCCCOCCCOCCCNC(=O)CN1C(=O)C=CC1=O. The molecule has 0 bridgehead atoms. The maximum Gasteiger partial charge on any atom is 0.308 e. The molecule has 1 rings (SSSR count). The van der Waals surface area contributed by atoms with Crippen LogP contribution in [0.25, 0.3) is 0 Å². The third-order valence-corrected chi connectivity index (χ3v) is 11.1. The first-order chi connectivity index (χ1) is 31.4. The fourth-order valence-electron chi connectivity index (χ4n) is 5.26. The Balaban J connectivity index is 1.62. The van der Waals surface area contributed by atoms with Crippen molar-refractivity contribution in [1.82, 2.24) is 10.2 Å². The first-order valence-electron chi connectivity index (χ1n) is 23.4. The summed E-state index contributed by atoms with van der Waals surface area (Å²) in [6.45, 7) is 17.7. The van der Waals surface area contributed by atoms with Crippen LogP contribution in [-0.4, -0.2) is 192 Å². The molecule has 17 nitrogen and oxygen atoms in total. The zero-order valence-corrected chi connectivity index (χ0v) is 40.7. The molecule has 0 saturated heterocycles. The summed E-state index contributed by atoms with van der Waals surface area (Å²) >= 11 is 0. The molecule has 3 amide bonds. The lowest BCUT2D eigenvalue weighted by atomic mass is 10.2. The van der Waals surface area contributed by atoms with Crippen LogP contribution in [-0.2, 0) is 71.3 Å². The van der Waals surface area contributed by atoms with E-state index in [1.165, 1.54) is 0 Å². The van der Waals surface area contributed by atoms with Crippen molar-refractivity contribution in [2.45, 2.75) is 84.5 Å². The molecule has 64 heavy (non-hydrogen) atoms. The zero-order chi connectivity index (χ0) is 46.2. The van der Waals surface area contributed by atoms with Crippen LogP contribution in [0, 0.1) is 5.92 Å².